The summed E-state index contributed by atoms with van der Waals surface area (Å²) in [6, 6.07) is 0. The van der Waals surface area contributed by atoms with E-state index in [0.717, 1.165) is 13.1 Å². The number of thiazole rings is 1. The highest BCUT2D eigenvalue weighted by Crippen LogP contribution is 2.39. The Morgan fingerprint density at radius 2 is 1.95 bits per heavy atom. The molecule has 1 aromatic heterocycles. The van der Waals surface area contributed by atoms with Gasteiger partial charge in [0.1, 0.15) is 0 Å². The van der Waals surface area contributed by atoms with E-state index < -0.39 is 0 Å². The van der Waals surface area contributed by atoms with E-state index in [1.54, 1.807) is 11.3 Å². The van der Waals surface area contributed by atoms with Crippen molar-refractivity contribution in [2.75, 3.05) is 24.5 Å². The Morgan fingerprint density at radius 1 is 1.29 bits per heavy atom. The molecule has 1 aliphatic rings. The minimum absolute atomic E-state index is 0.593. The Kier molecular flexibility index (Phi) is 6.06. The summed E-state index contributed by atoms with van der Waals surface area (Å²) in [5, 5.41) is 6.91. The summed E-state index contributed by atoms with van der Waals surface area (Å²) in [5.74, 6) is 0.696. The lowest BCUT2D eigenvalue weighted by Crippen LogP contribution is -2.39. The van der Waals surface area contributed by atoms with Gasteiger partial charge >= 0.3 is 0 Å². The van der Waals surface area contributed by atoms with Gasteiger partial charge in [0, 0.05) is 25.0 Å². The molecule has 1 aliphatic heterocycles. The zero-order chi connectivity index (χ0) is 15.3. The smallest absolute Gasteiger partial charge is 0.185 e. The molecule has 0 saturated carbocycles. The number of rotatable bonds is 7. The summed E-state index contributed by atoms with van der Waals surface area (Å²) >= 11 is 1.81. The standard InChI is InChI=1S/C17H31N3S/c1-5-17(6-2)7-9-20(10-8-17)16-19-15(13-21-16)12-18-11-14(3)4/h13-14,18H,5-12H2,1-4H3. The molecule has 0 radical (unpaired) electrons. The average molecular weight is 310 g/mol. The molecule has 120 valence electrons. The van der Waals surface area contributed by atoms with E-state index in [0.29, 0.717) is 11.3 Å². The maximum atomic E-state index is 4.81. The van der Waals surface area contributed by atoms with Crippen molar-refractivity contribution in [1.29, 1.82) is 0 Å². The van der Waals surface area contributed by atoms with Crippen molar-refractivity contribution in [2.45, 2.75) is 59.9 Å². The summed E-state index contributed by atoms with van der Waals surface area (Å²) < 4.78 is 0. The predicted molar refractivity (Wildman–Crippen MR) is 93.1 cm³/mol. The third kappa shape index (κ3) is 4.43. The van der Waals surface area contributed by atoms with E-state index in [9.17, 15) is 0 Å². The van der Waals surface area contributed by atoms with E-state index in [1.165, 1.54) is 49.6 Å². The van der Waals surface area contributed by atoms with Gasteiger partial charge in [-0.05, 0) is 30.7 Å². The number of aromatic nitrogens is 1. The predicted octanol–water partition coefficient (Wildman–Crippen LogP) is 4.30. The van der Waals surface area contributed by atoms with Crippen LogP contribution in [-0.2, 0) is 6.54 Å². The van der Waals surface area contributed by atoms with Gasteiger partial charge < -0.3 is 10.2 Å². The van der Waals surface area contributed by atoms with Gasteiger partial charge in [0.05, 0.1) is 5.69 Å². The van der Waals surface area contributed by atoms with Crippen molar-refractivity contribution in [3.05, 3.63) is 11.1 Å². The Labute approximate surface area is 134 Å². The largest absolute Gasteiger partial charge is 0.348 e. The first-order chi connectivity index (χ1) is 10.1. The van der Waals surface area contributed by atoms with Crippen molar-refractivity contribution in [1.82, 2.24) is 10.3 Å². The van der Waals surface area contributed by atoms with Crippen molar-refractivity contribution in [2.24, 2.45) is 11.3 Å². The van der Waals surface area contributed by atoms with Crippen LogP contribution in [0.2, 0.25) is 0 Å². The van der Waals surface area contributed by atoms with Crippen LogP contribution in [0.25, 0.3) is 0 Å². The van der Waals surface area contributed by atoms with Gasteiger partial charge in [-0.15, -0.1) is 11.3 Å². The molecule has 1 N–H and O–H groups in total. The fraction of sp³-hybridized carbons (Fsp3) is 0.824. The Balaban J connectivity index is 1.85. The zero-order valence-corrected chi connectivity index (χ0v) is 14.9. The zero-order valence-electron chi connectivity index (χ0n) is 14.1. The molecule has 0 spiro atoms. The Hall–Kier alpha value is -0.610. The molecule has 21 heavy (non-hydrogen) atoms. The number of nitrogens with zero attached hydrogens (tertiary/aromatic N) is 2. The Bertz CT molecular complexity index is 413. The summed E-state index contributed by atoms with van der Waals surface area (Å²) in [6.45, 7) is 13.5. The van der Waals surface area contributed by atoms with Crippen LogP contribution >= 0.6 is 11.3 Å². The quantitative estimate of drug-likeness (QED) is 0.814. The van der Waals surface area contributed by atoms with Crippen LogP contribution in [-0.4, -0.2) is 24.6 Å². The average Bonchev–Trinajstić information content (AvgIpc) is 2.96. The second kappa shape index (κ2) is 7.59. The van der Waals surface area contributed by atoms with E-state index in [1.807, 2.05) is 0 Å². The van der Waals surface area contributed by atoms with E-state index in [4.69, 9.17) is 4.98 Å². The van der Waals surface area contributed by atoms with E-state index in [2.05, 4.69) is 43.3 Å². The molecule has 0 unspecified atom stereocenters. The molecule has 3 nitrogen and oxygen atoms in total. The minimum Gasteiger partial charge on any atom is -0.348 e. The van der Waals surface area contributed by atoms with E-state index in [-0.39, 0.29) is 0 Å². The summed E-state index contributed by atoms with van der Waals surface area (Å²) in [5.41, 5.74) is 1.79. The first-order valence-corrected chi connectivity index (χ1v) is 9.36. The van der Waals surface area contributed by atoms with Crippen LogP contribution in [0.5, 0.6) is 0 Å². The molecule has 2 rings (SSSR count). The fourth-order valence-electron chi connectivity index (χ4n) is 3.14. The molecule has 1 aromatic rings. The van der Waals surface area contributed by atoms with E-state index >= 15 is 0 Å². The van der Waals surface area contributed by atoms with Gasteiger partial charge in [0.2, 0.25) is 0 Å². The second-order valence-electron chi connectivity index (χ2n) is 6.84. The van der Waals surface area contributed by atoms with Gasteiger partial charge in [-0.1, -0.05) is 40.5 Å². The monoisotopic (exact) mass is 309 g/mol. The van der Waals surface area contributed by atoms with Crippen molar-refractivity contribution >= 4 is 16.5 Å². The lowest BCUT2D eigenvalue weighted by atomic mass is 9.74. The highest BCUT2D eigenvalue weighted by molar-refractivity contribution is 7.13. The lowest BCUT2D eigenvalue weighted by Gasteiger charge is -2.40. The molecule has 0 aliphatic carbocycles. The molecule has 0 amide bonds. The van der Waals surface area contributed by atoms with Gasteiger partial charge in [-0.3, -0.25) is 0 Å². The second-order valence-corrected chi connectivity index (χ2v) is 7.68. The number of hydrogen-bond acceptors (Lipinski definition) is 4. The van der Waals surface area contributed by atoms with Crippen LogP contribution in [0.4, 0.5) is 5.13 Å². The van der Waals surface area contributed by atoms with Crippen molar-refractivity contribution < 1.29 is 0 Å². The van der Waals surface area contributed by atoms with Gasteiger partial charge in [0.15, 0.2) is 5.13 Å². The number of hydrogen-bond donors (Lipinski definition) is 1. The Morgan fingerprint density at radius 3 is 2.52 bits per heavy atom. The van der Waals surface area contributed by atoms with Gasteiger partial charge in [0.25, 0.3) is 0 Å². The number of anilines is 1. The summed E-state index contributed by atoms with van der Waals surface area (Å²) in [7, 11) is 0. The fourth-order valence-corrected chi connectivity index (χ4v) is 4.02. The number of piperidine rings is 1. The summed E-state index contributed by atoms with van der Waals surface area (Å²) in [4.78, 5) is 7.30. The van der Waals surface area contributed by atoms with Crippen LogP contribution in [0.1, 0.15) is 59.1 Å². The third-order valence-corrected chi connectivity index (χ3v) is 5.94. The first kappa shape index (κ1) is 16.8. The van der Waals surface area contributed by atoms with Crippen LogP contribution in [0, 0.1) is 11.3 Å². The normalized spacial score (nSPS) is 18.4. The molecule has 4 heteroatoms. The van der Waals surface area contributed by atoms with Gasteiger partial charge in [-0.25, -0.2) is 4.98 Å². The SMILES string of the molecule is CCC1(CC)CCN(c2nc(CNCC(C)C)cs2)CC1. The van der Waals surface area contributed by atoms with Crippen LogP contribution < -0.4 is 10.2 Å². The molecule has 0 aromatic carbocycles. The molecule has 1 saturated heterocycles. The van der Waals surface area contributed by atoms with Gasteiger partial charge in [-0.2, -0.15) is 0 Å². The number of nitrogens with one attached hydrogen (secondary N) is 1. The molecule has 0 bridgehead atoms. The maximum absolute atomic E-state index is 4.81. The summed E-state index contributed by atoms with van der Waals surface area (Å²) in [6.07, 6.45) is 5.28. The molecule has 0 atom stereocenters. The highest BCUT2D eigenvalue weighted by Gasteiger charge is 2.31. The van der Waals surface area contributed by atoms with Crippen molar-refractivity contribution in [3.63, 3.8) is 0 Å². The third-order valence-electron chi connectivity index (χ3n) is 4.99. The van der Waals surface area contributed by atoms with Crippen molar-refractivity contribution in [3.8, 4) is 0 Å². The first-order valence-electron chi connectivity index (χ1n) is 8.48. The van der Waals surface area contributed by atoms with Crippen LogP contribution in [0.3, 0.4) is 0 Å². The lowest BCUT2D eigenvalue weighted by molar-refractivity contribution is 0.199. The highest BCUT2D eigenvalue weighted by atomic mass is 32.1. The molecular formula is C17H31N3S. The topological polar surface area (TPSA) is 28.2 Å². The van der Waals surface area contributed by atoms with Crippen LogP contribution in [0.15, 0.2) is 5.38 Å². The molecular weight excluding hydrogens is 278 g/mol. The molecule has 2 heterocycles. The molecule has 1 fully saturated rings. The maximum Gasteiger partial charge on any atom is 0.185 e. The minimum atomic E-state index is 0.593.